The number of fused-ring (bicyclic) bond motifs is 1. The molecule has 0 amide bonds. The second kappa shape index (κ2) is 22.7. The van der Waals surface area contributed by atoms with Crippen molar-refractivity contribution in [3.63, 3.8) is 0 Å². The molecule has 58 heavy (non-hydrogen) atoms. The van der Waals surface area contributed by atoms with Gasteiger partial charge in [-0.15, -0.1) is 0 Å². The third-order valence-electron chi connectivity index (χ3n) is 8.47. The summed E-state index contributed by atoms with van der Waals surface area (Å²) in [6.07, 6.45) is -2.78. The van der Waals surface area contributed by atoms with Gasteiger partial charge in [-0.3, -0.25) is 0 Å². The van der Waals surface area contributed by atoms with E-state index in [9.17, 15) is 29.7 Å². The van der Waals surface area contributed by atoms with Crippen LogP contribution in [0.4, 0.5) is 0 Å². The Morgan fingerprint density at radius 1 is 0.500 bits per heavy atom. The summed E-state index contributed by atoms with van der Waals surface area (Å²) >= 11 is 0. The third kappa shape index (κ3) is 15.5. The zero-order valence-corrected chi connectivity index (χ0v) is 33.8. The number of ether oxygens (including phenoxy) is 6. The Morgan fingerprint density at radius 2 is 0.828 bits per heavy atom. The summed E-state index contributed by atoms with van der Waals surface area (Å²) in [5.41, 5.74) is 2.64. The predicted octanol–water partition coefficient (Wildman–Crippen LogP) is 6.43. The summed E-state index contributed by atoms with van der Waals surface area (Å²) in [7, 11) is 0. The standard InChI is InChI=1S/C29H36O8.C17H18O4/c1-19(2)27(32)36-17-23(30)15-34-25-11-7-21(8-12-25)29(5,6)22-9-13-26(14-10-22)35-16-24(31)18-37-28(33)20(3)4;1-12(2)17(19)21-11-15(18)10-20-16-8-7-13-5-3-4-6-14(13)9-16/h7-14,23-24,30-31H,1,3,15-18H2,2,4-6H3;3-9,15,18H,1,10-11H2,2H3. The van der Waals surface area contributed by atoms with Gasteiger partial charge in [0.1, 0.15) is 75.2 Å². The lowest BCUT2D eigenvalue weighted by Crippen LogP contribution is -2.25. The molecule has 0 saturated heterocycles. The molecule has 0 aliphatic carbocycles. The highest BCUT2D eigenvalue weighted by atomic mass is 16.6. The first-order chi connectivity index (χ1) is 27.5. The van der Waals surface area contributed by atoms with Gasteiger partial charge >= 0.3 is 17.9 Å². The van der Waals surface area contributed by atoms with Crippen LogP contribution in [0.5, 0.6) is 17.2 Å². The number of aliphatic hydroxyl groups excluding tert-OH is 3. The molecule has 0 fully saturated rings. The molecule has 12 nitrogen and oxygen atoms in total. The largest absolute Gasteiger partial charge is 0.491 e. The van der Waals surface area contributed by atoms with Crippen molar-refractivity contribution in [3.05, 3.63) is 139 Å². The average Bonchev–Trinajstić information content (AvgIpc) is 3.21. The van der Waals surface area contributed by atoms with Crippen LogP contribution in [0.25, 0.3) is 10.8 Å². The molecular weight excluding hydrogens is 744 g/mol. The molecule has 0 heterocycles. The number of hydrogen-bond acceptors (Lipinski definition) is 12. The van der Waals surface area contributed by atoms with Gasteiger partial charge < -0.3 is 43.7 Å². The van der Waals surface area contributed by atoms with Crippen LogP contribution in [0.15, 0.2) is 127 Å². The van der Waals surface area contributed by atoms with Crippen molar-refractivity contribution in [1.29, 1.82) is 0 Å². The molecule has 310 valence electrons. The molecule has 3 N–H and O–H groups in total. The Kier molecular flexibility index (Phi) is 18.2. The molecule has 4 aromatic rings. The molecule has 12 heteroatoms. The second-order valence-corrected chi connectivity index (χ2v) is 14.2. The molecule has 3 atom stereocenters. The van der Waals surface area contributed by atoms with E-state index in [1.165, 1.54) is 13.8 Å². The number of carbonyl (C=O) groups excluding carboxylic acids is 3. The van der Waals surface area contributed by atoms with E-state index in [-0.39, 0.29) is 56.2 Å². The first-order valence-electron chi connectivity index (χ1n) is 18.6. The van der Waals surface area contributed by atoms with Crippen molar-refractivity contribution in [2.75, 3.05) is 39.6 Å². The average molecular weight is 799 g/mol. The van der Waals surface area contributed by atoms with Gasteiger partial charge in [0.2, 0.25) is 0 Å². The lowest BCUT2D eigenvalue weighted by Gasteiger charge is -2.26. The number of hydrogen-bond donors (Lipinski definition) is 3. The molecule has 0 aromatic heterocycles. The highest BCUT2D eigenvalue weighted by molar-refractivity contribution is 5.87. The van der Waals surface area contributed by atoms with E-state index >= 15 is 0 Å². The van der Waals surface area contributed by atoms with E-state index in [1.807, 2.05) is 91.0 Å². The van der Waals surface area contributed by atoms with Crippen molar-refractivity contribution in [1.82, 2.24) is 0 Å². The summed E-state index contributed by atoms with van der Waals surface area (Å²) < 4.78 is 31.4. The Morgan fingerprint density at radius 3 is 1.19 bits per heavy atom. The van der Waals surface area contributed by atoms with E-state index in [0.29, 0.717) is 22.8 Å². The van der Waals surface area contributed by atoms with Gasteiger partial charge in [0.05, 0.1) is 0 Å². The van der Waals surface area contributed by atoms with Gasteiger partial charge in [-0.2, -0.15) is 0 Å². The number of benzene rings is 4. The zero-order chi connectivity index (χ0) is 42.8. The monoisotopic (exact) mass is 798 g/mol. The van der Waals surface area contributed by atoms with Crippen LogP contribution >= 0.6 is 0 Å². The molecule has 0 bridgehead atoms. The van der Waals surface area contributed by atoms with Crippen molar-refractivity contribution < 1.29 is 58.1 Å². The highest BCUT2D eigenvalue weighted by Crippen LogP contribution is 2.33. The summed E-state index contributed by atoms with van der Waals surface area (Å²) in [5.74, 6) is 0.217. The highest BCUT2D eigenvalue weighted by Gasteiger charge is 2.23. The molecular formula is C46H54O12. The Hall–Kier alpha value is -5.95. The molecule has 0 saturated carbocycles. The van der Waals surface area contributed by atoms with Crippen LogP contribution in [-0.2, 0) is 34.0 Å². The number of rotatable bonds is 20. The molecule has 0 spiro atoms. The molecule has 3 unspecified atom stereocenters. The molecule has 0 aliphatic rings. The van der Waals surface area contributed by atoms with Crippen LogP contribution in [0, 0.1) is 0 Å². The minimum atomic E-state index is -0.951. The fourth-order valence-corrected chi connectivity index (χ4v) is 4.97. The third-order valence-corrected chi connectivity index (χ3v) is 8.47. The van der Waals surface area contributed by atoms with Crippen molar-refractivity contribution in [2.45, 2.75) is 58.3 Å². The minimum Gasteiger partial charge on any atom is -0.491 e. The van der Waals surface area contributed by atoms with Crippen LogP contribution in [0.2, 0.25) is 0 Å². The van der Waals surface area contributed by atoms with Gasteiger partial charge in [0.25, 0.3) is 0 Å². The lowest BCUT2D eigenvalue weighted by molar-refractivity contribution is -0.143. The fraction of sp³-hybridized carbons (Fsp3) is 0.326. The van der Waals surface area contributed by atoms with E-state index < -0.39 is 36.2 Å². The van der Waals surface area contributed by atoms with Crippen LogP contribution in [0.3, 0.4) is 0 Å². The maximum atomic E-state index is 11.4. The second-order valence-electron chi connectivity index (χ2n) is 14.2. The van der Waals surface area contributed by atoms with Crippen LogP contribution in [-0.4, -0.2) is 91.2 Å². The first kappa shape index (κ1) is 46.4. The maximum Gasteiger partial charge on any atom is 0.333 e. The minimum absolute atomic E-state index is 0.0152. The quantitative estimate of drug-likeness (QED) is 0.0510. The normalized spacial score (nSPS) is 12.4. The van der Waals surface area contributed by atoms with E-state index in [2.05, 4.69) is 33.6 Å². The topological polar surface area (TPSA) is 167 Å². The number of esters is 3. The molecule has 0 radical (unpaired) electrons. The SMILES string of the molecule is C=C(C)C(=O)OCC(O)COc1ccc(C(C)(C)c2ccc(OCC(O)COC(=O)C(=C)C)cc2)cc1.C=C(C)C(=O)OCC(O)COc1ccc2ccccc2c1. The van der Waals surface area contributed by atoms with Crippen molar-refractivity contribution in [3.8, 4) is 17.2 Å². The smallest absolute Gasteiger partial charge is 0.333 e. The Bertz CT molecular complexity index is 1910. The zero-order valence-electron chi connectivity index (χ0n) is 33.8. The Balaban J connectivity index is 0.000000361. The van der Waals surface area contributed by atoms with E-state index in [0.717, 1.165) is 21.9 Å². The summed E-state index contributed by atoms with van der Waals surface area (Å²) in [4.78, 5) is 34.0. The number of aliphatic hydroxyl groups is 3. The Labute approximate surface area is 339 Å². The van der Waals surface area contributed by atoms with Gasteiger partial charge in [-0.25, -0.2) is 14.4 Å². The van der Waals surface area contributed by atoms with Crippen molar-refractivity contribution >= 4 is 28.7 Å². The number of carbonyl (C=O) groups is 3. The summed E-state index contributed by atoms with van der Waals surface area (Å²) in [6.45, 7) is 18.9. The molecule has 4 aromatic carbocycles. The van der Waals surface area contributed by atoms with Gasteiger partial charge in [0.15, 0.2) is 0 Å². The van der Waals surface area contributed by atoms with E-state index in [1.54, 1.807) is 6.92 Å². The fourth-order valence-electron chi connectivity index (χ4n) is 4.97. The van der Waals surface area contributed by atoms with E-state index in [4.69, 9.17) is 28.4 Å². The summed E-state index contributed by atoms with van der Waals surface area (Å²) in [6, 6.07) is 28.8. The van der Waals surface area contributed by atoms with Crippen molar-refractivity contribution in [2.24, 2.45) is 0 Å². The van der Waals surface area contributed by atoms with Crippen LogP contribution in [0.1, 0.15) is 45.7 Å². The maximum absolute atomic E-state index is 11.4. The predicted molar refractivity (Wildman–Crippen MR) is 221 cm³/mol. The van der Waals surface area contributed by atoms with Gasteiger partial charge in [-0.05, 0) is 79.1 Å². The van der Waals surface area contributed by atoms with Crippen LogP contribution < -0.4 is 14.2 Å². The van der Waals surface area contributed by atoms with Gasteiger partial charge in [-0.1, -0.05) is 88.2 Å². The summed E-state index contributed by atoms with van der Waals surface area (Å²) in [5, 5.41) is 31.8. The first-order valence-corrected chi connectivity index (χ1v) is 18.6. The molecule has 0 aliphatic heterocycles. The van der Waals surface area contributed by atoms with Gasteiger partial charge in [0, 0.05) is 22.1 Å². The lowest BCUT2D eigenvalue weighted by atomic mass is 9.78. The molecule has 4 rings (SSSR count).